The van der Waals surface area contributed by atoms with Gasteiger partial charge in [0.2, 0.25) is 5.91 Å². The summed E-state index contributed by atoms with van der Waals surface area (Å²) in [7, 11) is 0. The van der Waals surface area contributed by atoms with Crippen molar-refractivity contribution in [1.29, 1.82) is 0 Å². The zero-order valence-corrected chi connectivity index (χ0v) is 12.5. The van der Waals surface area contributed by atoms with E-state index in [-0.39, 0.29) is 17.9 Å². The molecule has 3 heteroatoms. The fraction of sp³-hybridized carbons (Fsp3) is 0.389. The van der Waals surface area contributed by atoms with Crippen LogP contribution < -0.4 is 5.73 Å². The van der Waals surface area contributed by atoms with Gasteiger partial charge in [0.1, 0.15) is 0 Å². The van der Waals surface area contributed by atoms with E-state index in [1.165, 1.54) is 16.3 Å². The summed E-state index contributed by atoms with van der Waals surface area (Å²) in [6.07, 6.45) is 2.11. The molecule has 3 nitrogen and oxygen atoms in total. The van der Waals surface area contributed by atoms with Crippen molar-refractivity contribution in [3.63, 3.8) is 0 Å². The van der Waals surface area contributed by atoms with Crippen LogP contribution in [0.4, 0.5) is 0 Å². The second-order valence-electron chi connectivity index (χ2n) is 5.89. The van der Waals surface area contributed by atoms with Gasteiger partial charge in [-0.05, 0) is 29.2 Å². The molecule has 2 aromatic carbocycles. The zero-order valence-electron chi connectivity index (χ0n) is 12.5. The second kappa shape index (κ2) is 5.86. The number of hydrogen-bond donors (Lipinski definition) is 1. The highest BCUT2D eigenvalue weighted by atomic mass is 16.2. The van der Waals surface area contributed by atoms with Crippen LogP contribution in [0.5, 0.6) is 0 Å². The summed E-state index contributed by atoms with van der Waals surface area (Å²) in [6, 6.07) is 15.0. The molecule has 0 spiro atoms. The third-order valence-corrected chi connectivity index (χ3v) is 4.49. The molecule has 0 radical (unpaired) electrons. The van der Waals surface area contributed by atoms with Crippen molar-refractivity contribution in [3.05, 3.63) is 48.0 Å². The Morgan fingerprint density at radius 2 is 2.05 bits per heavy atom. The van der Waals surface area contributed by atoms with E-state index in [0.29, 0.717) is 6.54 Å². The number of amides is 1. The fourth-order valence-electron chi connectivity index (χ4n) is 3.28. The van der Waals surface area contributed by atoms with E-state index < -0.39 is 0 Å². The quantitative estimate of drug-likeness (QED) is 0.940. The molecule has 1 amide bonds. The molecule has 1 saturated heterocycles. The average Bonchev–Trinajstić information content (AvgIpc) is 3.02. The zero-order chi connectivity index (χ0) is 14.8. The molecule has 1 fully saturated rings. The highest BCUT2D eigenvalue weighted by Gasteiger charge is 2.32. The number of nitrogens with zero attached hydrogens (tertiary/aromatic N) is 1. The van der Waals surface area contributed by atoms with Gasteiger partial charge < -0.3 is 10.6 Å². The molecule has 3 rings (SSSR count). The summed E-state index contributed by atoms with van der Waals surface area (Å²) < 4.78 is 0. The smallest absolute Gasteiger partial charge is 0.227 e. The van der Waals surface area contributed by atoms with Gasteiger partial charge in [0.15, 0.2) is 0 Å². The Morgan fingerprint density at radius 1 is 1.29 bits per heavy atom. The van der Waals surface area contributed by atoms with Crippen LogP contribution in [0.3, 0.4) is 0 Å². The van der Waals surface area contributed by atoms with Crippen LogP contribution in [0.15, 0.2) is 42.5 Å². The van der Waals surface area contributed by atoms with Gasteiger partial charge in [-0.2, -0.15) is 0 Å². The Kier molecular flexibility index (Phi) is 3.93. The molecule has 21 heavy (non-hydrogen) atoms. The van der Waals surface area contributed by atoms with E-state index in [2.05, 4.69) is 42.5 Å². The van der Waals surface area contributed by atoms with Gasteiger partial charge in [-0.25, -0.2) is 0 Å². The third kappa shape index (κ3) is 2.54. The summed E-state index contributed by atoms with van der Waals surface area (Å²) in [5.74, 6) is 0.0912. The summed E-state index contributed by atoms with van der Waals surface area (Å²) in [6.45, 7) is 3.18. The third-order valence-electron chi connectivity index (χ3n) is 4.49. The maximum Gasteiger partial charge on any atom is 0.227 e. The van der Waals surface area contributed by atoms with Crippen LogP contribution >= 0.6 is 0 Å². The highest BCUT2D eigenvalue weighted by molar-refractivity contribution is 5.87. The van der Waals surface area contributed by atoms with Crippen LogP contribution in [-0.4, -0.2) is 23.9 Å². The highest BCUT2D eigenvalue weighted by Crippen LogP contribution is 2.36. The number of carbonyl (C=O) groups is 1. The normalized spacial score (nSPS) is 19.9. The molecule has 1 heterocycles. The molecule has 1 aliphatic rings. The molecule has 0 bridgehead atoms. The van der Waals surface area contributed by atoms with Crippen molar-refractivity contribution in [3.8, 4) is 0 Å². The summed E-state index contributed by atoms with van der Waals surface area (Å²) in [5.41, 5.74) is 6.93. The lowest BCUT2D eigenvalue weighted by molar-refractivity contribution is -0.135. The topological polar surface area (TPSA) is 46.3 Å². The van der Waals surface area contributed by atoms with Crippen molar-refractivity contribution in [2.75, 3.05) is 13.1 Å². The second-order valence-corrected chi connectivity index (χ2v) is 5.89. The number of hydrogen-bond acceptors (Lipinski definition) is 2. The largest absolute Gasteiger partial charge is 0.335 e. The first-order chi connectivity index (χ1) is 10.2. The first-order valence-corrected chi connectivity index (χ1v) is 7.70. The van der Waals surface area contributed by atoms with Crippen molar-refractivity contribution in [2.24, 2.45) is 11.7 Å². The van der Waals surface area contributed by atoms with Gasteiger partial charge in [0.25, 0.3) is 0 Å². The van der Waals surface area contributed by atoms with Gasteiger partial charge in [0, 0.05) is 19.0 Å². The van der Waals surface area contributed by atoms with E-state index in [4.69, 9.17) is 5.73 Å². The molecule has 0 aromatic heterocycles. The van der Waals surface area contributed by atoms with E-state index >= 15 is 0 Å². The number of nitrogens with two attached hydrogens (primary N) is 1. The monoisotopic (exact) mass is 282 g/mol. The minimum atomic E-state index is -0.0967. The Hall–Kier alpha value is -1.87. The molecule has 2 atom stereocenters. The number of likely N-dealkylation sites (tertiary alicyclic amines) is 1. The molecule has 2 N–H and O–H groups in total. The molecule has 1 aliphatic heterocycles. The first kappa shape index (κ1) is 14.1. The van der Waals surface area contributed by atoms with E-state index in [1.54, 1.807) is 0 Å². The Bertz CT molecular complexity index is 647. The lowest BCUT2D eigenvalue weighted by Crippen LogP contribution is -2.37. The molecule has 0 aliphatic carbocycles. The van der Waals surface area contributed by atoms with Gasteiger partial charge in [-0.1, -0.05) is 49.4 Å². The SMILES string of the molecule is CC(CN)C(=O)N1CCCC1c1cccc2ccccc12. The minimum absolute atomic E-state index is 0.0967. The number of carbonyl (C=O) groups excluding carboxylic acids is 1. The number of benzene rings is 2. The van der Waals surface area contributed by atoms with Crippen molar-refractivity contribution in [2.45, 2.75) is 25.8 Å². The summed E-state index contributed by atoms with van der Waals surface area (Å²) in [4.78, 5) is 14.6. The van der Waals surface area contributed by atoms with Crippen LogP contribution in [-0.2, 0) is 4.79 Å². The fourth-order valence-corrected chi connectivity index (χ4v) is 3.28. The average molecular weight is 282 g/mol. The van der Waals surface area contributed by atoms with Gasteiger partial charge in [0.05, 0.1) is 6.04 Å². The first-order valence-electron chi connectivity index (χ1n) is 7.70. The van der Waals surface area contributed by atoms with E-state index in [0.717, 1.165) is 19.4 Å². The van der Waals surface area contributed by atoms with Crippen LogP contribution in [0, 0.1) is 5.92 Å². The maximum absolute atomic E-state index is 12.5. The predicted molar refractivity (Wildman–Crippen MR) is 85.9 cm³/mol. The van der Waals surface area contributed by atoms with Crippen LogP contribution in [0.1, 0.15) is 31.4 Å². The molecule has 0 saturated carbocycles. The van der Waals surface area contributed by atoms with Crippen LogP contribution in [0.2, 0.25) is 0 Å². The maximum atomic E-state index is 12.5. The Balaban J connectivity index is 1.99. The predicted octanol–water partition coefficient (Wildman–Crippen LogP) is 3.10. The van der Waals surface area contributed by atoms with Crippen molar-refractivity contribution >= 4 is 16.7 Å². The number of fused-ring (bicyclic) bond motifs is 1. The lowest BCUT2D eigenvalue weighted by atomic mass is 9.96. The van der Waals surface area contributed by atoms with Gasteiger partial charge >= 0.3 is 0 Å². The van der Waals surface area contributed by atoms with Crippen molar-refractivity contribution < 1.29 is 4.79 Å². The van der Waals surface area contributed by atoms with Crippen LogP contribution in [0.25, 0.3) is 10.8 Å². The lowest BCUT2D eigenvalue weighted by Gasteiger charge is -2.28. The molecular weight excluding hydrogens is 260 g/mol. The van der Waals surface area contributed by atoms with E-state index in [9.17, 15) is 4.79 Å². The minimum Gasteiger partial charge on any atom is -0.335 e. The van der Waals surface area contributed by atoms with E-state index in [1.807, 2.05) is 11.8 Å². The van der Waals surface area contributed by atoms with Gasteiger partial charge in [-0.15, -0.1) is 0 Å². The standard InChI is InChI=1S/C18H22N2O/c1-13(12-19)18(21)20-11-5-10-17(20)16-9-4-7-14-6-2-3-8-15(14)16/h2-4,6-9,13,17H,5,10-12,19H2,1H3. The summed E-state index contributed by atoms with van der Waals surface area (Å²) in [5, 5.41) is 2.49. The molecule has 110 valence electrons. The van der Waals surface area contributed by atoms with Crippen molar-refractivity contribution in [1.82, 2.24) is 4.90 Å². The molecular formula is C18H22N2O. The number of rotatable bonds is 3. The summed E-state index contributed by atoms with van der Waals surface area (Å²) >= 11 is 0. The Morgan fingerprint density at radius 3 is 2.86 bits per heavy atom. The molecule has 2 aromatic rings. The Labute approximate surface area is 125 Å². The van der Waals surface area contributed by atoms with Gasteiger partial charge in [-0.3, -0.25) is 4.79 Å². The molecule has 2 unspecified atom stereocenters.